The van der Waals surface area contributed by atoms with Gasteiger partial charge in [-0.05, 0) is 36.1 Å². The highest BCUT2D eigenvalue weighted by molar-refractivity contribution is 7.21. The van der Waals surface area contributed by atoms with Gasteiger partial charge in [0.15, 0.2) is 5.65 Å². The zero-order chi connectivity index (χ0) is 20.7. The van der Waals surface area contributed by atoms with Crippen molar-refractivity contribution in [2.45, 2.75) is 6.92 Å². The molecule has 3 amide bonds. The van der Waals surface area contributed by atoms with Crippen LogP contribution in [0.15, 0.2) is 48.7 Å². The van der Waals surface area contributed by atoms with E-state index >= 15 is 0 Å². The van der Waals surface area contributed by atoms with E-state index in [1.54, 1.807) is 15.5 Å². The molecule has 4 heterocycles. The molecule has 152 valence electrons. The Labute approximate surface area is 176 Å². The lowest BCUT2D eigenvalue weighted by Crippen LogP contribution is -2.51. The maximum absolute atomic E-state index is 13.1. The van der Waals surface area contributed by atoms with Crippen molar-refractivity contribution in [3.8, 4) is 0 Å². The number of nitrogens with one attached hydrogen (secondary N) is 1. The molecular weight excluding hydrogens is 400 g/mol. The number of aromatic nitrogens is 3. The number of carbonyl (C=O) groups excluding carboxylic acids is 2. The summed E-state index contributed by atoms with van der Waals surface area (Å²) in [5.41, 5.74) is 1.70. The van der Waals surface area contributed by atoms with Crippen molar-refractivity contribution in [3.05, 3.63) is 59.1 Å². The molecule has 1 aromatic carbocycles. The van der Waals surface area contributed by atoms with Gasteiger partial charge in [-0.3, -0.25) is 14.5 Å². The minimum atomic E-state index is -0.238. The van der Waals surface area contributed by atoms with Gasteiger partial charge in [0.05, 0.1) is 4.88 Å². The van der Waals surface area contributed by atoms with Gasteiger partial charge >= 0.3 is 6.03 Å². The van der Waals surface area contributed by atoms with Gasteiger partial charge in [0.1, 0.15) is 0 Å². The van der Waals surface area contributed by atoms with Gasteiger partial charge in [-0.25, -0.2) is 4.79 Å². The number of fused-ring (bicyclic) bond motifs is 2. The maximum atomic E-state index is 13.1. The fourth-order valence-corrected chi connectivity index (χ4v) is 4.91. The molecule has 0 unspecified atom stereocenters. The Hall–Kier alpha value is -3.46. The normalized spacial score (nSPS) is 14.4. The number of nitrogens with zero attached hydrogens (tertiary/aromatic N) is 5. The first-order chi connectivity index (χ1) is 14.6. The number of carbonyl (C=O) groups is 2. The van der Waals surface area contributed by atoms with Gasteiger partial charge in [0.25, 0.3) is 5.91 Å². The minimum Gasteiger partial charge on any atom is -0.334 e. The zero-order valence-electron chi connectivity index (χ0n) is 16.4. The summed E-state index contributed by atoms with van der Waals surface area (Å²) in [5, 5.41) is 12.0. The summed E-state index contributed by atoms with van der Waals surface area (Å²) in [6, 6.07) is 13.4. The predicted molar refractivity (Wildman–Crippen MR) is 116 cm³/mol. The highest BCUT2D eigenvalue weighted by Gasteiger charge is 2.27. The molecule has 0 saturated carbocycles. The highest BCUT2D eigenvalue weighted by atomic mass is 32.1. The van der Waals surface area contributed by atoms with Crippen LogP contribution < -0.4 is 5.32 Å². The topological polar surface area (TPSA) is 82.8 Å². The van der Waals surface area contributed by atoms with E-state index < -0.39 is 0 Å². The molecule has 0 spiro atoms. The fourth-order valence-electron chi connectivity index (χ4n) is 3.74. The van der Waals surface area contributed by atoms with Crippen LogP contribution in [-0.2, 0) is 0 Å². The second-order valence-corrected chi connectivity index (χ2v) is 8.27. The molecule has 1 saturated heterocycles. The molecule has 1 aliphatic rings. The number of benzene rings is 1. The maximum Gasteiger partial charge on any atom is 0.324 e. The summed E-state index contributed by atoms with van der Waals surface area (Å²) in [6.07, 6.45) is 1.80. The molecule has 0 bridgehead atoms. The monoisotopic (exact) mass is 420 g/mol. The molecule has 1 N–H and O–H groups in total. The molecule has 1 fully saturated rings. The Morgan fingerprint density at radius 3 is 2.50 bits per heavy atom. The second kappa shape index (κ2) is 7.42. The largest absolute Gasteiger partial charge is 0.334 e. The first-order valence-electron chi connectivity index (χ1n) is 9.75. The summed E-state index contributed by atoms with van der Waals surface area (Å²) in [5.74, 6) is 0.423. The van der Waals surface area contributed by atoms with Crippen molar-refractivity contribution < 1.29 is 9.59 Å². The fraction of sp³-hybridized carbons (Fsp3) is 0.238. The van der Waals surface area contributed by atoms with Crippen LogP contribution >= 0.6 is 11.3 Å². The standard InChI is InChI=1S/C21H20N6O2S/c1-14-15-6-2-3-7-16(15)30-18(14)19(28)25-10-12-26(13-11-25)21(29)22-20-24-23-17-8-4-5-9-27(17)20/h2-9H,10-13H2,1H3,(H,22,24,29). The van der Waals surface area contributed by atoms with Crippen molar-refractivity contribution in [3.63, 3.8) is 0 Å². The van der Waals surface area contributed by atoms with E-state index in [-0.39, 0.29) is 11.9 Å². The predicted octanol–water partition coefficient (Wildman–Crippen LogP) is 3.24. The Morgan fingerprint density at radius 2 is 1.70 bits per heavy atom. The molecule has 1 aliphatic heterocycles. The van der Waals surface area contributed by atoms with E-state index in [4.69, 9.17) is 0 Å². The number of anilines is 1. The van der Waals surface area contributed by atoms with Crippen LogP contribution in [0.5, 0.6) is 0 Å². The van der Waals surface area contributed by atoms with Gasteiger partial charge in [0.2, 0.25) is 5.95 Å². The molecular formula is C21H20N6O2S. The lowest BCUT2D eigenvalue weighted by atomic mass is 10.1. The smallest absolute Gasteiger partial charge is 0.324 e. The van der Waals surface area contributed by atoms with E-state index in [9.17, 15) is 9.59 Å². The van der Waals surface area contributed by atoms with Crippen LogP contribution in [-0.4, -0.2) is 62.5 Å². The molecule has 30 heavy (non-hydrogen) atoms. The number of thiophene rings is 1. The number of hydrogen-bond donors (Lipinski definition) is 1. The number of pyridine rings is 1. The number of aryl methyl sites for hydroxylation is 1. The average Bonchev–Trinajstić information content (AvgIpc) is 3.35. The van der Waals surface area contributed by atoms with E-state index in [2.05, 4.69) is 21.6 Å². The molecule has 5 rings (SSSR count). The summed E-state index contributed by atoms with van der Waals surface area (Å²) < 4.78 is 2.85. The van der Waals surface area contributed by atoms with Crippen molar-refractivity contribution >= 4 is 45.0 Å². The van der Waals surface area contributed by atoms with Crippen molar-refractivity contribution in [1.29, 1.82) is 0 Å². The third-order valence-corrected chi connectivity index (χ3v) is 6.69. The Bertz CT molecular complexity index is 1250. The molecule has 8 nitrogen and oxygen atoms in total. The van der Waals surface area contributed by atoms with Crippen molar-refractivity contribution in [1.82, 2.24) is 24.4 Å². The molecule has 0 atom stereocenters. The Kier molecular flexibility index (Phi) is 4.59. The van der Waals surface area contributed by atoms with Crippen LogP contribution in [0.3, 0.4) is 0 Å². The summed E-state index contributed by atoms with van der Waals surface area (Å²) in [4.78, 5) is 30.0. The number of piperazine rings is 1. The first kappa shape index (κ1) is 18.6. The van der Waals surface area contributed by atoms with E-state index in [0.717, 1.165) is 20.5 Å². The summed E-state index contributed by atoms with van der Waals surface area (Å²) >= 11 is 1.53. The van der Waals surface area contributed by atoms with Crippen molar-refractivity contribution in [2.24, 2.45) is 0 Å². The number of amides is 3. The molecule has 9 heteroatoms. The minimum absolute atomic E-state index is 0.0391. The van der Waals surface area contributed by atoms with Gasteiger partial charge in [-0.1, -0.05) is 24.3 Å². The van der Waals surface area contributed by atoms with E-state index in [0.29, 0.717) is 37.8 Å². The van der Waals surface area contributed by atoms with Gasteiger partial charge in [-0.15, -0.1) is 21.5 Å². The third kappa shape index (κ3) is 3.17. The lowest BCUT2D eigenvalue weighted by Gasteiger charge is -2.34. The zero-order valence-corrected chi connectivity index (χ0v) is 17.2. The summed E-state index contributed by atoms with van der Waals surface area (Å²) in [6.45, 7) is 3.94. The molecule has 3 aromatic heterocycles. The van der Waals surface area contributed by atoms with Crippen LogP contribution in [0.25, 0.3) is 15.7 Å². The number of hydrogen-bond acceptors (Lipinski definition) is 5. The van der Waals surface area contributed by atoms with Crippen molar-refractivity contribution in [2.75, 3.05) is 31.5 Å². The molecule has 4 aromatic rings. The molecule has 0 radical (unpaired) electrons. The van der Waals surface area contributed by atoms with Gasteiger partial charge < -0.3 is 9.80 Å². The van der Waals surface area contributed by atoms with E-state index in [1.165, 1.54) is 11.3 Å². The second-order valence-electron chi connectivity index (χ2n) is 7.21. The Balaban J connectivity index is 1.25. The SMILES string of the molecule is Cc1c(C(=O)N2CCN(C(=O)Nc3nnc4ccccn34)CC2)sc2ccccc12. The quantitative estimate of drug-likeness (QED) is 0.540. The lowest BCUT2D eigenvalue weighted by molar-refractivity contribution is 0.0676. The average molecular weight is 420 g/mol. The van der Waals surface area contributed by atoms with E-state index in [1.807, 2.05) is 48.2 Å². The first-order valence-corrected chi connectivity index (χ1v) is 10.6. The highest BCUT2D eigenvalue weighted by Crippen LogP contribution is 2.31. The van der Waals surface area contributed by atoms with Crippen LogP contribution in [0.2, 0.25) is 0 Å². The Morgan fingerprint density at radius 1 is 0.967 bits per heavy atom. The third-order valence-electron chi connectivity index (χ3n) is 5.42. The number of urea groups is 1. The van der Waals surface area contributed by atoms with Crippen LogP contribution in [0, 0.1) is 6.92 Å². The summed E-state index contributed by atoms with van der Waals surface area (Å²) in [7, 11) is 0. The van der Waals surface area contributed by atoms with Gasteiger partial charge in [-0.2, -0.15) is 0 Å². The van der Waals surface area contributed by atoms with Gasteiger partial charge in [0, 0.05) is 37.1 Å². The van der Waals surface area contributed by atoms with Crippen LogP contribution in [0.4, 0.5) is 10.7 Å². The molecule has 0 aliphatic carbocycles. The van der Waals surface area contributed by atoms with Crippen LogP contribution in [0.1, 0.15) is 15.2 Å². The number of rotatable bonds is 2.